The van der Waals surface area contributed by atoms with E-state index in [1.165, 1.54) is 32.4 Å². The summed E-state index contributed by atoms with van der Waals surface area (Å²) in [6.45, 7) is 7.62. The second-order valence-electron chi connectivity index (χ2n) is 4.54. The van der Waals surface area contributed by atoms with Gasteiger partial charge < -0.3 is 10.1 Å². The quantitative estimate of drug-likeness (QED) is 0.663. The highest BCUT2D eigenvalue weighted by Gasteiger charge is 2.21. The third-order valence-corrected chi connectivity index (χ3v) is 3.14. The van der Waals surface area contributed by atoms with Gasteiger partial charge in [-0.15, -0.1) is 0 Å². The van der Waals surface area contributed by atoms with Crippen molar-refractivity contribution in [3.05, 3.63) is 0 Å². The molecule has 1 atom stereocenters. The number of rotatable bonds is 5. The second kappa shape index (κ2) is 5.10. The summed E-state index contributed by atoms with van der Waals surface area (Å²) in [6, 6.07) is 1.47. The van der Waals surface area contributed by atoms with Gasteiger partial charge in [-0.25, -0.2) is 0 Å². The standard InChI is InChI=1S/C11H22N2O/c1-10-9-14-8-7-13(10)6-2-5-12-11-3-4-11/h10-12H,2-9H2,1H3. The van der Waals surface area contributed by atoms with Gasteiger partial charge in [-0.2, -0.15) is 0 Å². The fourth-order valence-corrected chi connectivity index (χ4v) is 1.97. The zero-order valence-electron chi connectivity index (χ0n) is 9.17. The number of hydrogen-bond donors (Lipinski definition) is 1. The van der Waals surface area contributed by atoms with Gasteiger partial charge in [-0.3, -0.25) is 4.90 Å². The first-order valence-electron chi connectivity index (χ1n) is 5.91. The molecule has 3 nitrogen and oxygen atoms in total. The van der Waals surface area contributed by atoms with Crippen molar-refractivity contribution in [2.45, 2.75) is 38.3 Å². The Bertz CT molecular complexity index is 171. The zero-order valence-corrected chi connectivity index (χ0v) is 9.17. The molecule has 1 saturated heterocycles. The number of hydrogen-bond acceptors (Lipinski definition) is 3. The minimum absolute atomic E-state index is 0.615. The third kappa shape index (κ3) is 3.23. The molecule has 0 aromatic rings. The SMILES string of the molecule is CC1COCCN1CCCNC1CC1. The first-order chi connectivity index (χ1) is 6.86. The van der Waals surface area contributed by atoms with Crippen molar-refractivity contribution in [1.82, 2.24) is 10.2 Å². The van der Waals surface area contributed by atoms with Gasteiger partial charge in [0.15, 0.2) is 0 Å². The van der Waals surface area contributed by atoms with Crippen LogP contribution in [0.25, 0.3) is 0 Å². The van der Waals surface area contributed by atoms with Crippen molar-refractivity contribution in [1.29, 1.82) is 0 Å². The lowest BCUT2D eigenvalue weighted by Gasteiger charge is -2.33. The zero-order chi connectivity index (χ0) is 9.80. The highest BCUT2D eigenvalue weighted by Crippen LogP contribution is 2.18. The maximum atomic E-state index is 5.41. The van der Waals surface area contributed by atoms with Gasteiger partial charge in [0.25, 0.3) is 0 Å². The largest absolute Gasteiger partial charge is 0.379 e. The molecule has 2 aliphatic rings. The van der Waals surface area contributed by atoms with Crippen molar-refractivity contribution < 1.29 is 4.74 Å². The molecule has 1 aliphatic heterocycles. The van der Waals surface area contributed by atoms with Crippen LogP contribution in [0.1, 0.15) is 26.2 Å². The highest BCUT2D eigenvalue weighted by atomic mass is 16.5. The number of ether oxygens (including phenoxy) is 1. The molecule has 1 aliphatic carbocycles. The van der Waals surface area contributed by atoms with Crippen LogP contribution in [0.15, 0.2) is 0 Å². The first-order valence-corrected chi connectivity index (χ1v) is 5.91. The van der Waals surface area contributed by atoms with Gasteiger partial charge in [0.2, 0.25) is 0 Å². The normalized spacial score (nSPS) is 29.4. The van der Waals surface area contributed by atoms with Crippen molar-refractivity contribution >= 4 is 0 Å². The van der Waals surface area contributed by atoms with Crippen molar-refractivity contribution in [2.75, 3.05) is 32.8 Å². The molecule has 2 rings (SSSR count). The third-order valence-electron chi connectivity index (χ3n) is 3.14. The van der Waals surface area contributed by atoms with Gasteiger partial charge in [0.05, 0.1) is 13.2 Å². The summed E-state index contributed by atoms with van der Waals surface area (Å²) >= 11 is 0. The minimum atomic E-state index is 0.615. The van der Waals surface area contributed by atoms with E-state index in [4.69, 9.17) is 4.74 Å². The Hall–Kier alpha value is -0.120. The monoisotopic (exact) mass is 198 g/mol. The predicted octanol–water partition coefficient (Wildman–Crippen LogP) is 0.849. The molecule has 1 saturated carbocycles. The number of nitrogens with one attached hydrogen (secondary N) is 1. The van der Waals surface area contributed by atoms with E-state index >= 15 is 0 Å². The molecule has 0 spiro atoms. The van der Waals surface area contributed by atoms with E-state index in [1.54, 1.807) is 0 Å². The van der Waals surface area contributed by atoms with E-state index in [1.807, 2.05) is 0 Å². The summed E-state index contributed by atoms with van der Waals surface area (Å²) < 4.78 is 5.41. The van der Waals surface area contributed by atoms with Crippen molar-refractivity contribution in [3.8, 4) is 0 Å². The molecule has 1 N–H and O–H groups in total. The summed E-state index contributed by atoms with van der Waals surface area (Å²) in [5, 5.41) is 3.55. The lowest BCUT2D eigenvalue weighted by atomic mass is 10.2. The smallest absolute Gasteiger partial charge is 0.0619 e. The Morgan fingerprint density at radius 1 is 1.43 bits per heavy atom. The van der Waals surface area contributed by atoms with E-state index < -0.39 is 0 Å². The molecule has 0 amide bonds. The number of morpholine rings is 1. The summed E-state index contributed by atoms with van der Waals surface area (Å²) in [6.07, 6.45) is 4.07. The van der Waals surface area contributed by atoms with Gasteiger partial charge >= 0.3 is 0 Å². The van der Waals surface area contributed by atoms with Crippen LogP contribution in [0.2, 0.25) is 0 Å². The molecule has 2 fully saturated rings. The average Bonchev–Trinajstić information content (AvgIpc) is 2.99. The summed E-state index contributed by atoms with van der Waals surface area (Å²) in [5.74, 6) is 0. The number of nitrogens with zero attached hydrogens (tertiary/aromatic N) is 1. The van der Waals surface area contributed by atoms with E-state index in [2.05, 4.69) is 17.1 Å². The van der Waals surface area contributed by atoms with Crippen molar-refractivity contribution in [2.24, 2.45) is 0 Å². The van der Waals surface area contributed by atoms with E-state index in [9.17, 15) is 0 Å². The molecule has 0 bridgehead atoms. The van der Waals surface area contributed by atoms with Crippen LogP contribution in [0.3, 0.4) is 0 Å². The molecule has 0 radical (unpaired) electrons. The van der Waals surface area contributed by atoms with Crippen LogP contribution in [-0.2, 0) is 4.74 Å². The fourth-order valence-electron chi connectivity index (χ4n) is 1.97. The second-order valence-corrected chi connectivity index (χ2v) is 4.54. The maximum Gasteiger partial charge on any atom is 0.0619 e. The van der Waals surface area contributed by atoms with Gasteiger partial charge in [-0.05, 0) is 39.3 Å². The van der Waals surface area contributed by atoms with Crippen LogP contribution < -0.4 is 5.32 Å². The van der Waals surface area contributed by atoms with E-state index in [-0.39, 0.29) is 0 Å². The van der Waals surface area contributed by atoms with Crippen LogP contribution in [-0.4, -0.2) is 49.8 Å². The molecule has 82 valence electrons. The molecular weight excluding hydrogens is 176 g/mol. The summed E-state index contributed by atoms with van der Waals surface area (Å²) in [5.41, 5.74) is 0. The van der Waals surface area contributed by atoms with Crippen LogP contribution in [0, 0.1) is 0 Å². The summed E-state index contributed by atoms with van der Waals surface area (Å²) in [4.78, 5) is 2.54. The minimum Gasteiger partial charge on any atom is -0.379 e. The van der Waals surface area contributed by atoms with Crippen LogP contribution in [0.4, 0.5) is 0 Å². The van der Waals surface area contributed by atoms with Gasteiger partial charge in [-0.1, -0.05) is 0 Å². The molecular formula is C11H22N2O. The molecule has 1 unspecified atom stereocenters. The Morgan fingerprint density at radius 3 is 3.00 bits per heavy atom. The highest BCUT2D eigenvalue weighted by molar-refractivity contribution is 4.81. The van der Waals surface area contributed by atoms with E-state index in [0.29, 0.717) is 6.04 Å². The molecule has 14 heavy (non-hydrogen) atoms. The van der Waals surface area contributed by atoms with Crippen molar-refractivity contribution in [3.63, 3.8) is 0 Å². The Morgan fingerprint density at radius 2 is 2.29 bits per heavy atom. The van der Waals surface area contributed by atoms with Crippen LogP contribution in [0.5, 0.6) is 0 Å². The summed E-state index contributed by atoms with van der Waals surface area (Å²) in [7, 11) is 0. The Labute approximate surface area is 86.8 Å². The van der Waals surface area contributed by atoms with Gasteiger partial charge in [0.1, 0.15) is 0 Å². The molecule has 0 aromatic heterocycles. The maximum absolute atomic E-state index is 5.41. The Kier molecular flexibility index (Phi) is 3.79. The lowest BCUT2D eigenvalue weighted by molar-refractivity contribution is -0.000594. The topological polar surface area (TPSA) is 24.5 Å². The molecule has 1 heterocycles. The fraction of sp³-hybridized carbons (Fsp3) is 1.00. The predicted molar refractivity (Wildman–Crippen MR) is 57.5 cm³/mol. The van der Waals surface area contributed by atoms with E-state index in [0.717, 1.165) is 25.8 Å². The van der Waals surface area contributed by atoms with Gasteiger partial charge in [0, 0.05) is 18.6 Å². The Balaban J connectivity index is 1.53. The first kappa shape index (κ1) is 10.4. The average molecular weight is 198 g/mol. The molecule has 3 heteroatoms. The van der Waals surface area contributed by atoms with Crippen LogP contribution >= 0.6 is 0 Å². The molecule has 0 aromatic carbocycles. The lowest BCUT2D eigenvalue weighted by Crippen LogP contribution is -2.44.